The summed E-state index contributed by atoms with van der Waals surface area (Å²) in [6.45, 7) is 2.98. The molecule has 0 bridgehead atoms. The van der Waals surface area contributed by atoms with Crippen LogP contribution >= 0.6 is 0 Å². The summed E-state index contributed by atoms with van der Waals surface area (Å²) in [5.74, 6) is -0.0326. The van der Waals surface area contributed by atoms with Crippen LogP contribution < -0.4 is 5.32 Å². The number of nitrogens with zero attached hydrogens (tertiary/aromatic N) is 1. The minimum absolute atomic E-state index is 0.0508. The minimum Gasteiger partial charge on any atom is -0.376 e. The van der Waals surface area contributed by atoms with Crippen molar-refractivity contribution in [1.29, 1.82) is 0 Å². The Morgan fingerprint density at radius 1 is 1.21 bits per heavy atom. The SMILES string of the molecule is O=C(NCC1CCCO1)C1(C(=O)N2CCCC2)CC1. The van der Waals surface area contributed by atoms with Gasteiger partial charge in [-0.25, -0.2) is 0 Å². The van der Waals surface area contributed by atoms with Gasteiger partial charge in [-0.1, -0.05) is 0 Å². The van der Waals surface area contributed by atoms with Crippen molar-refractivity contribution >= 4 is 11.8 Å². The highest BCUT2D eigenvalue weighted by Gasteiger charge is 2.58. The highest BCUT2D eigenvalue weighted by atomic mass is 16.5. The zero-order chi connectivity index (χ0) is 13.3. The van der Waals surface area contributed by atoms with Gasteiger partial charge in [0.25, 0.3) is 0 Å². The lowest BCUT2D eigenvalue weighted by molar-refractivity contribution is -0.143. The maximum Gasteiger partial charge on any atom is 0.238 e. The van der Waals surface area contributed by atoms with Crippen LogP contribution in [0.3, 0.4) is 0 Å². The predicted molar refractivity (Wildman–Crippen MR) is 69.5 cm³/mol. The predicted octanol–water partition coefficient (Wildman–Crippen LogP) is 0.684. The monoisotopic (exact) mass is 266 g/mol. The second kappa shape index (κ2) is 5.12. The lowest BCUT2D eigenvalue weighted by atomic mass is 10.0. The Labute approximate surface area is 113 Å². The van der Waals surface area contributed by atoms with Gasteiger partial charge in [0.05, 0.1) is 6.10 Å². The Morgan fingerprint density at radius 2 is 1.95 bits per heavy atom. The summed E-state index contributed by atoms with van der Waals surface area (Å²) < 4.78 is 5.49. The van der Waals surface area contributed by atoms with E-state index in [0.29, 0.717) is 19.4 Å². The Kier molecular flexibility index (Phi) is 3.48. The minimum atomic E-state index is -0.733. The molecule has 0 aromatic heterocycles. The van der Waals surface area contributed by atoms with Crippen molar-refractivity contribution in [3.05, 3.63) is 0 Å². The molecule has 0 aromatic carbocycles. The van der Waals surface area contributed by atoms with Crippen molar-refractivity contribution in [2.24, 2.45) is 5.41 Å². The standard InChI is InChI=1S/C14H22N2O3/c17-12(15-10-11-4-3-9-19-11)14(5-6-14)13(18)16-7-1-2-8-16/h11H,1-10H2,(H,15,17). The molecular weight excluding hydrogens is 244 g/mol. The van der Waals surface area contributed by atoms with Crippen molar-refractivity contribution < 1.29 is 14.3 Å². The maximum absolute atomic E-state index is 12.4. The van der Waals surface area contributed by atoms with E-state index in [1.54, 1.807) is 0 Å². The summed E-state index contributed by atoms with van der Waals surface area (Å²) >= 11 is 0. The summed E-state index contributed by atoms with van der Waals surface area (Å²) in [7, 11) is 0. The average Bonchev–Trinajstić information content (AvgIpc) is 2.84. The number of likely N-dealkylation sites (tertiary alicyclic amines) is 1. The van der Waals surface area contributed by atoms with Crippen LogP contribution in [0.15, 0.2) is 0 Å². The molecule has 5 heteroatoms. The van der Waals surface area contributed by atoms with Gasteiger partial charge >= 0.3 is 0 Å². The van der Waals surface area contributed by atoms with Gasteiger partial charge < -0.3 is 15.0 Å². The molecular formula is C14H22N2O3. The third-order valence-electron chi connectivity index (χ3n) is 4.50. The third kappa shape index (κ3) is 2.48. The summed E-state index contributed by atoms with van der Waals surface area (Å²) in [5, 5.41) is 2.92. The number of carbonyl (C=O) groups excluding carboxylic acids is 2. The van der Waals surface area contributed by atoms with Gasteiger partial charge in [-0.3, -0.25) is 9.59 Å². The van der Waals surface area contributed by atoms with E-state index in [1.807, 2.05) is 4.90 Å². The molecule has 1 atom stereocenters. The van der Waals surface area contributed by atoms with Crippen molar-refractivity contribution in [3.8, 4) is 0 Å². The molecule has 0 spiro atoms. The molecule has 2 aliphatic heterocycles. The Morgan fingerprint density at radius 3 is 2.53 bits per heavy atom. The van der Waals surface area contributed by atoms with Gasteiger partial charge in [0.2, 0.25) is 11.8 Å². The van der Waals surface area contributed by atoms with E-state index in [-0.39, 0.29) is 17.9 Å². The van der Waals surface area contributed by atoms with E-state index in [9.17, 15) is 9.59 Å². The fraction of sp³-hybridized carbons (Fsp3) is 0.857. The van der Waals surface area contributed by atoms with Gasteiger partial charge in [0.15, 0.2) is 0 Å². The van der Waals surface area contributed by atoms with E-state index in [0.717, 1.165) is 45.4 Å². The third-order valence-corrected chi connectivity index (χ3v) is 4.50. The number of rotatable bonds is 4. The van der Waals surface area contributed by atoms with E-state index < -0.39 is 5.41 Å². The number of hydrogen-bond acceptors (Lipinski definition) is 3. The molecule has 106 valence electrons. The zero-order valence-electron chi connectivity index (χ0n) is 11.3. The van der Waals surface area contributed by atoms with Gasteiger partial charge in [0, 0.05) is 26.2 Å². The maximum atomic E-state index is 12.4. The Hall–Kier alpha value is -1.10. The second-order valence-corrected chi connectivity index (χ2v) is 5.93. The molecule has 1 unspecified atom stereocenters. The fourth-order valence-electron chi connectivity index (χ4n) is 3.07. The molecule has 0 aromatic rings. The van der Waals surface area contributed by atoms with Gasteiger partial charge in [-0.05, 0) is 38.5 Å². The summed E-state index contributed by atoms with van der Waals surface area (Å²) in [5.41, 5.74) is -0.733. The molecule has 1 N–H and O–H groups in total. The Bertz CT molecular complexity index is 367. The van der Waals surface area contributed by atoms with Crippen molar-refractivity contribution in [3.63, 3.8) is 0 Å². The summed E-state index contributed by atoms with van der Waals surface area (Å²) in [6, 6.07) is 0. The largest absolute Gasteiger partial charge is 0.376 e. The van der Waals surface area contributed by atoms with Crippen LogP contribution in [0.5, 0.6) is 0 Å². The summed E-state index contributed by atoms with van der Waals surface area (Å²) in [4.78, 5) is 26.5. The molecule has 3 rings (SSSR count). The lowest BCUT2D eigenvalue weighted by Crippen LogP contribution is -2.45. The first kappa shape index (κ1) is 12.9. The van der Waals surface area contributed by atoms with Crippen LogP contribution in [-0.4, -0.2) is 49.1 Å². The molecule has 5 nitrogen and oxygen atoms in total. The topological polar surface area (TPSA) is 58.6 Å². The first-order valence-electron chi connectivity index (χ1n) is 7.42. The van der Waals surface area contributed by atoms with Crippen LogP contribution in [0.4, 0.5) is 0 Å². The van der Waals surface area contributed by atoms with Gasteiger partial charge in [-0.15, -0.1) is 0 Å². The molecule has 2 heterocycles. The number of ether oxygens (including phenoxy) is 1. The van der Waals surface area contributed by atoms with Crippen LogP contribution in [0.1, 0.15) is 38.5 Å². The van der Waals surface area contributed by atoms with Crippen molar-refractivity contribution in [2.45, 2.75) is 44.6 Å². The van der Waals surface area contributed by atoms with Crippen LogP contribution in [-0.2, 0) is 14.3 Å². The average molecular weight is 266 g/mol. The zero-order valence-corrected chi connectivity index (χ0v) is 11.3. The molecule has 2 amide bonds. The van der Waals surface area contributed by atoms with E-state index >= 15 is 0 Å². The van der Waals surface area contributed by atoms with E-state index in [4.69, 9.17) is 4.74 Å². The van der Waals surface area contributed by atoms with Gasteiger partial charge in [-0.2, -0.15) is 0 Å². The van der Waals surface area contributed by atoms with Crippen LogP contribution in [0.2, 0.25) is 0 Å². The quantitative estimate of drug-likeness (QED) is 0.761. The molecule has 2 saturated heterocycles. The van der Waals surface area contributed by atoms with Crippen LogP contribution in [0.25, 0.3) is 0 Å². The molecule has 1 saturated carbocycles. The molecule has 3 fully saturated rings. The number of carbonyl (C=O) groups is 2. The molecule has 0 radical (unpaired) electrons. The highest BCUT2D eigenvalue weighted by Crippen LogP contribution is 2.48. The van der Waals surface area contributed by atoms with Gasteiger partial charge in [0.1, 0.15) is 5.41 Å². The van der Waals surface area contributed by atoms with E-state index in [2.05, 4.69) is 5.32 Å². The number of nitrogens with one attached hydrogen (secondary N) is 1. The lowest BCUT2D eigenvalue weighted by Gasteiger charge is -2.22. The second-order valence-electron chi connectivity index (χ2n) is 5.93. The normalized spacial score (nSPS) is 28.4. The van der Waals surface area contributed by atoms with Crippen molar-refractivity contribution in [1.82, 2.24) is 10.2 Å². The first-order valence-corrected chi connectivity index (χ1v) is 7.42. The number of amides is 2. The molecule has 19 heavy (non-hydrogen) atoms. The molecule has 1 aliphatic carbocycles. The summed E-state index contributed by atoms with van der Waals surface area (Å²) in [6.07, 6.45) is 5.77. The smallest absolute Gasteiger partial charge is 0.238 e. The molecule has 3 aliphatic rings. The number of hydrogen-bond donors (Lipinski definition) is 1. The Balaban J connectivity index is 1.54. The van der Waals surface area contributed by atoms with Crippen LogP contribution in [0, 0.1) is 5.41 Å². The van der Waals surface area contributed by atoms with Crippen molar-refractivity contribution in [2.75, 3.05) is 26.2 Å². The van der Waals surface area contributed by atoms with E-state index in [1.165, 1.54) is 0 Å². The highest BCUT2D eigenvalue weighted by molar-refractivity contribution is 6.07. The first-order chi connectivity index (χ1) is 9.22. The fourth-order valence-corrected chi connectivity index (χ4v) is 3.07.